The molecule has 0 aromatic carbocycles. The fourth-order valence-corrected chi connectivity index (χ4v) is 14.3. The zero-order chi connectivity index (χ0) is 74.1. The maximum absolute atomic E-state index is 13.1. The normalized spacial score (nSPS) is 13.8. The fraction of sp³-hybridized carbons (Fsp3) is 0.951. The highest BCUT2D eigenvalue weighted by atomic mass is 31.2. The van der Waals surface area contributed by atoms with Crippen molar-refractivity contribution >= 4 is 39.5 Å². The topological polar surface area (TPSA) is 237 Å². The highest BCUT2D eigenvalue weighted by molar-refractivity contribution is 7.47. The maximum atomic E-state index is 13.1. The fourth-order valence-electron chi connectivity index (χ4n) is 12.8. The Bertz CT molecular complexity index is 1930. The summed E-state index contributed by atoms with van der Waals surface area (Å²) < 4.78 is 68.7. The Balaban J connectivity index is 5.22. The molecule has 0 amide bonds. The monoisotopic (exact) mass is 1480 g/mol. The van der Waals surface area contributed by atoms with Crippen LogP contribution in [0.2, 0.25) is 0 Å². The minimum Gasteiger partial charge on any atom is -0.462 e. The van der Waals surface area contributed by atoms with Crippen molar-refractivity contribution in [3.8, 4) is 0 Å². The molecule has 0 spiro atoms. The van der Waals surface area contributed by atoms with Crippen LogP contribution in [0, 0.1) is 5.92 Å². The smallest absolute Gasteiger partial charge is 0.462 e. The van der Waals surface area contributed by atoms with Crippen molar-refractivity contribution in [3.05, 3.63) is 0 Å². The van der Waals surface area contributed by atoms with E-state index in [4.69, 9.17) is 37.0 Å². The Kier molecular flexibility index (Phi) is 73.5. The van der Waals surface area contributed by atoms with E-state index >= 15 is 0 Å². The number of esters is 4. The van der Waals surface area contributed by atoms with E-state index in [1.54, 1.807) is 0 Å². The number of hydrogen-bond donors (Lipinski definition) is 3. The van der Waals surface area contributed by atoms with E-state index in [2.05, 4.69) is 34.6 Å². The molecule has 0 saturated heterocycles. The summed E-state index contributed by atoms with van der Waals surface area (Å²) in [5.74, 6) is -1.28. The Morgan fingerprint density at radius 1 is 0.267 bits per heavy atom. The molecular weight excluding hydrogens is 1320 g/mol. The van der Waals surface area contributed by atoms with Crippen LogP contribution >= 0.6 is 15.6 Å². The molecule has 0 heterocycles. The molecule has 0 aromatic rings. The number of rotatable bonds is 82. The van der Waals surface area contributed by atoms with Crippen LogP contribution in [0.25, 0.3) is 0 Å². The quantitative estimate of drug-likeness (QED) is 0.0222. The van der Waals surface area contributed by atoms with Gasteiger partial charge in [-0.1, -0.05) is 388 Å². The Morgan fingerprint density at radius 2 is 0.455 bits per heavy atom. The second kappa shape index (κ2) is 74.9. The Morgan fingerprint density at radius 3 is 0.673 bits per heavy atom. The molecule has 0 aliphatic carbocycles. The van der Waals surface area contributed by atoms with Gasteiger partial charge >= 0.3 is 39.5 Å². The number of aliphatic hydroxyl groups excluding tert-OH is 1. The maximum Gasteiger partial charge on any atom is 0.472 e. The first kappa shape index (κ1) is 99.1. The lowest BCUT2D eigenvalue weighted by Crippen LogP contribution is -2.30. The second-order valence-electron chi connectivity index (χ2n) is 30.0. The standard InChI is InChI=1S/C82H160O17P2/c1-6-9-12-15-18-21-24-26-27-30-34-37-42-46-51-56-61-66-80(85)93-72-78(99-82(87)68-63-58-53-48-43-38-35-32-29-28-31-33-36-40-44-49-54-59-64-75(4)5)74-97-101(90,91)95-70-76(83)69-94-100(88,89)96-73-77(71-92-79(84)65-60-55-50-45-39-23-20-17-14-11-8-3)98-81(86)67-62-57-52-47-41-25-22-19-16-13-10-7-2/h75-78,83H,6-74H2,1-5H3,(H,88,89)(H,90,91)/t76-,77+,78+/m0/s1. The van der Waals surface area contributed by atoms with E-state index in [0.717, 1.165) is 95.8 Å². The number of ether oxygens (including phenoxy) is 4. The second-order valence-corrected chi connectivity index (χ2v) is 32.9. The SMILES string of the molecule is CCCCCCCCCCCCCCCCCCCC(=O)OC[C@H](COP(=O)(O)OC[C@@H](O)COP(=O)(O)OC[C@@H](COC(=O)CCCCCCCCCCCCC)OC(=O)CCCCCCCCCCCCCC)OC(=O)CCCCCCCCCCCCCCCCCCCCC(C)C. The first-order chi connectivity index (χ1) is 49.0. The van der Waals surface area contributed by atoms with Crippen LogP contribution in [0.4, 0.5) is 0 Å². The minimum absolute atomic E-state index is 0.108. The van der Waals surface area contributed by atoms with E-state index in [1.165, 1.54) is 263 Å². The molecule has 0 aliphatic heterocycles. The van der Waals surface area contributed by atoms with Gasteiger partial charge in [0.1, 0.15) is 19.3 Å². The number of carbonyl (C=O) groups is 4. The average Bonchev–Trinajstić information content (AvgIpc) is 0.932. The minimum atomic E-state index is -4.96. The van der Waals surface area contributed by atoms with Crippen LogP contribution in [-0.2, 0) is 65.4 Å². The zero-order valence-corrected chi connectivity index (χ0v) is 67.8. The van der Waals surface area contributed by atoms with Crippen molar-refractivity contribution in [2.45, 2.75) is 457 Å². The third-order valence-corrected chi connectivity index (χ3v) is 21.2. The number of carbonyl (C=O) groups excluding carboxylic acids is 4. The molecule has 0 aromatic heterocycles. The lowest BCUT2D eigenvalue weighted by Gasteiger charge is -2.21. The lowest BCUT2D eigenvalue weighted by atomic mass is 10.0. The van der Waals surface area contributed by atoms with Crippen molar-refractivity contribution in [3.63, 3.8) is 0 Å². The van der Waals surface area contributed by atoms with Crippen LogP contribution in [0.3, 0.4) is 0 Å². The molecule has 3 N–H and O–H groups in total. The van der Waals surface area contributed by atoms with Crippen LogP contribution in [0.1, 0.15) is 439 Å². The van der Waals surface area contributed by atoms with Gasteiger partial charge in [0.05, 0.1) is 26.4 Å². The molecule has 0 fully saturated rings. The highest BCUT2D eigenvalue weighted by Gasteiger charge is 2.30. The van der Waals surface area contributed by atoms with Gasteiger partial charge in [-0.3, -0.25) is 37.3 Å². The molecule has 0 bridgehead atoms. The van der Waals surface area contributed by atoms with Crippen molar-refractivity contribution in [1.29, 1.82) is 0 Å². The van der Waals surface area contributed by atoms with Crippen molar-refractivity contribution < 1.29 is 80.2 Å². The van der Waals surface area contributed by atoms with Gasteiger partial charge in [-0.15, -0.1) is 0 Å². The van der Waals surface area contributed by atoms with Gasteiger partial charge in [-0.05, 0) is 31.6 Å². The van der Waals surface area contributed by atoms with E-state index in [0.29, 0.717) is 25.7 Å². The summed E-state index contributed by atoms with van der Waals surface area (Å²) in [5, 5.41) is 10.6. The molecule has 0 radical (unpaired) electrons. The van der Waals surface area contributed by atoms with Gasteiger partial charge in [0, 0.05) is 25.7 Å². The van der Waals surface area contributed by atoms with Crippen LogP contribution in [-0.4, -0.2) is 96.7 Å². The molecule has 0 aliphatic rings. The Hall–Kier alpha value is -1.94. The van der Waals surface area contributed by atoms with Gasteiger partial charge in [0.25, 0.3) is 0 Å². The summed E-state index contributed by atoms with van der Waals surface area (Å²) >= 11 is 0. The van der Waals surface area contributed by atoms with Crippen LogP contribution in [0.5, 0.6) is 0 Å². The van der Waals surface area contributed by atoms with Crippen LogP contribution in [0.15, 0.2) is 0 Å². The van der Waals surface area contributed by atoms with Crippen molar-refractivity contribution in [2.24, 2.45) is 5.92 Å². The predicted molar refractivity (Wildman–Crippen MR) is 414 cm³/mol. The van der Waals surface area contributed by atoms with E-state index in [9.17, 15) is 43.2 Å². The summed E-state index contributed by atoms with van der Waals surface area (Å²) in [5.41, 5.74) is 0. The third kappa shape index (κ3) is 76.1. The van der Waals surface area contributed by atoms with E-state index < -0.39 is 97.5 Å². The molecular formula is C82H160O17P2. The molecule has 0 saturated carbocycles. The van der Waals surface area contributed by atoms with Gasteiger partial charge in [-0.2, -0.15) is 0 Å². The molecule has 600 valence electrons. The molecule has 19 heteroatoms. The summed E-state index contributed by atoms with van der Waals surface area (Å²) in [4.78, 5) is 73.0. The molecule has 5 atom stereocenters. The van der Waals surface area contributed by atoms with Crippen LogP contribution < -0.4 is 0 Å². The largest absolute Gasteiger partial charge is 0.472 e. The first-order valence-corrected chi connectivity index (χ1v) is 45.6. The lowest BCUT2D eigenvalue weighted by molar-refractivity contribution is -0.161. The summed E-state index contributed by atoms with van der Waals surface area (Å²) in [6, 6.07) is 0. The van der Waals surface area contributed by atoms with Gasteiger partial charge in [-0.25, -0.2) is 9.13 Å². The number of phosphoric acid groups is 2. The molecule has 2 unspecified atom stereocenters. The number of unbranched alkanes of at least 4 members (excludes halogenated alkanes) is 54. The number of phosphoric ester groups is 2. The third-order valence-electron chi connectivity index (χ3n) is 19.3. The Labute approximate surface area is 619 Å². The summed E-state index contributed by atoms with van der Waals surface area (Å²) in [6.45, 7) is 7.37. The zero-order valence-electron chi connectivity index (χ0n) is 66.1. The van der Waals surface area contributed by atoms with Crippen molar-refractivity contribution in [2.75, 3.05) is 39.6 Å². The molecule has 17 nitrogen and oxygen atoms in total. The summed E-state index contributed by atoms with van der Waals surface area (Å²) in [7, 11) is -9.92. The van der Waals surface area contributed by atoms with Gasteiger partial charge in [0.15, 0.2) is 12.2 Å². The molecule has 101 heavy (non-hydrogen) atoms. The first-order valence-electron chi connectivity index (χ1n) is 42.6. The average molecular weight is 1480 g/mol. The van der Waals surface area contributed by atoms with Crippen molar-refractivity contribution in [1.82, 2.24) is 0 Å². The van der Waals surface area contributed by atoms with Gasteiger partial charge in [0.2, 0.25) is 0 Å². The van der Waals surface area contributed by atoms with Gasteiger partial charge < -0.3 is 33.8 Å². The summed E-state index contributed by atoms with van der Waals surface area (Å²) in [6.07, 6.45) is 66.5. The van der Waals surface area contributed by atoms with E-state index in [1.807, 2.05) is 0 Å². The number of hydrogen-bond acceptors (Lipinski definition) is 15. The predicted octanol–water partition coefficient (Wildman–Crippen LogP) is 24.8. The highest BCUT2D eigenvalue weighted by Crippen LogP contribution is 2.45. The number of aliphatic hydroxyl groups is 1. The molecule has 0 rings (SSSR count). The van der Waals surface area contributed by atoms with E-state index in [-0.39, 0.29) is 25.7 Å².